The molecule has 0 aromatic heterocycles. The van der Waals surface area contributed by atoms with E-state index in [1.807, 2.05) is 0 Å². The summed E-state index contributed by atoms with van der Waals surface area (Å²) in [6, 6.07) is 10.1. The van der Waals surface area contributed by atoms with Gasteiger partial charge < -0.3 is 16.2 Å². The predicted molar refractivity (Wildman–Crippen MR) is 97.8 cm³/mol. The molecule has 134 valence electrons. The molecule has 26 heavy (non-hydrogen) atoms. The number of hydrogen-bond donors (Lipinski definition) is 3. The van der Waals surface area contributed by atoms with Crippen LogP contribution in [0.4, 0.5) is 18.9 Å². The highest BCUT2D eigenvalue weighted by atomic mass is 19.4. The Hall–Kier alpha value is -2.90. The molecular formula is C18H17BF3N3O. The Bertz CT molecular complexity index is 846. The Morgan fingerprint density at radius 2 is 1.77 bits per heavy atom. The Labute approximate surface area is 150 Å². The average molecular weight is 359 g/mol. The molecule has 0 fully saturated rings. The van der Waals surface area contributed by atoms with Gasteiger partial charge in [0, 0.05) is 22.9 Å². The first-order valence-electron chi connectivity index (χ1n) is 7.69. The van der Waals surface area contributed by atoms with Gasteiger partial charge in [0.15, 0.2) is 0 Å². The van der Waals surface area contributed by atoms with Gasteiger partial charge in [-0.05, 0) is 24.6 Å². The third-order valence-corrected chi connectivity index (χ3v) is 3.63. The van der Waals surface area contributed by atoms with E-state index in [0.717, 1.165) is 0 Å². The number of halogens is 3. The summed E-state index contributed by atoms with van der Waals surface area (Å²) in [5.74, 6) is 0.461. The molecule has 0 amide bonds. The number of anilines is 1. The molecule has 0 unspecified atom stereocenters. The summed E-state index contributed by atoms with van der Waals surface area (Å²) in [5, 5.41) is 8.31. The van der Waals surface area contributed by atoms with Crippen molar-refractivity contribution >= 4 is 30.3 Å². The number of nitrogens with two attached hydrogens (primary N) is 2. The Morgan fingerprint density at radius 3 is 2.27 bits per heavy atom. The minimum atomic E-state index is -4.80. The smallest absolute Gasteiger partial charge is 0.431 e. The minimum Gasteiger partial charge on any atom is -0.494 e. The lowest BCUT2D eigenvalue weighted by Crippen LogP contribution is -2.24. The summed E-state index contributed by atoms with van der Waals surface area (Å²) < 4.78 is 45.0. The Morgan fingerprint density at radius 1 is 1.15 bits per heavy atom. The SMILES string of the molecule is [B]c1ccc(C(C(=N)c2ccc(OCC)cc2N)=C(N)C(F)(F)F)cc1. The van der Waals surface area contributed by atoms with Gasteiger partial charge in [0.25, 0.3) is 0 Å². The maximum absolute atomic E-state index is 13.2. The molecule has 2 aromatic rings. The molecular weight excluding hydrogens is 342 g/mol. The molecule has 0 bridgehead atoms. The molecule has 2 rings (SSSR count). The maximum atomic E-state index is 13.2. The van der Waals surface area contributed by atoms with Crippen molar-refractivity contribution in [3.63, 3.8) is 0 Å². The largest absolute Gasteiger partial charge is 0.494 e. The van der Waals surface area contributed by atoms with Crippen LogP contribution in [-0.4, -0.2) is 26.3 Å². The van der Waals surface area contributed by atoms with Crippen molar-refractivity contribution in [3.05, 3.63) is 59.3 Å². The zero-order valence-corrected chi connectivity index (χ0v) is 14.0. The number of allylic oxidation sites excluding steroid dienone is 2. The predicted octanol–water partition coefficient (Wildman–Crippen LogP) is 2.76. The highest BCUT2D eigenvalue weighted by Gasteiger charge is 2.36. The van der Waals surface area contributed by atoms with Crippen LogP contribution in [0.1, 0.15) is 18.1 Å². The second-order valence-corrected chi connectivity index (χ2v) is 5.47. The first-order valence-corrected chi connectivity index (χ1v) is 7.69. The summed E-state index contributed by atoms with van der Waals surface area (Å²) in [6.45, 7) is 2.20. The molecule has 4 nitrogen and oxygen atoms in total. The van der Waals surface area contributed by atoms with Crippen molar-refractivity contribution in [1.29, 1.82) is 5.41 Å². The average Bonchev–Trinajstić information content (AvgIpc) is 2.56. The van der Waals surface area contributed by atoms with E-state index in [9.17, 15) is 13.2 Å². The van der Waals surface area contributed by atoms with Gasteiger partial charge in [-0.3, -0.25) is 5.41 Å². The Balaban J connectivity index is 2.60. The molecule has 0 spiro atoms. The van der Waals surface area contributed by atoms with Gasteiger partial charge in [-0.25, -0.2) is 0 Å². The van der Waals surface area contributed by atoms with Crippen molar-refractivity contribution < 1.29 is 17.9 Å². The van der Waals surface area contributed by atoms with Crippen molar-refractivity contribution in [1.82, 2.24) is 0 Å². The van der Waals surface area contributed by atoms with Crippen LogP contribution >= 0.6 is 0 Å². The topological polar surface area (TPSA) is 85.1 Å². The zero-order valence-electron chi connectivity index (χ0n) is 14.0. The van der Waals surface area contributed by atoms with Crippen LogP contribution in [0.3, 0.4) is 0 Å². The molecule has 0 aliphatic carbocycles. The highest BCUT2D eigenvalue weighted by Crippen LogP contribution is 2.33. The van der Waals surface area contributed by atoms with Crippen LogP contribution in [-0.2, 0) is 0 Å². The van der Waals surface area contributed by atoms with E-state index in [1.54, 1.807) is 6.92 Å². The van der Waals surface area contributed by atoms with Gasteiger partial charge in [-0.2, -0.15) is 13.2 Å². The van der Waals surface area contributed by atoms with Crippen LogP contribution in [0.15, 0.2) is 48.2 Å². The molecule has 0 heterocycles. The van der Waals surface area contributed by atoms with Crippen LogP contribution in [0.25, 0.3) is 5.57 Å². The lowest BCUT2D eigenvalue weighted by atomic mass is 9.89. The van der Waals surface area contributed by atoms with Crippen molar-refractivity contribution in [2.45, 2.75) is 13.1 Å². The van der Waals surface area contributed by atoms with Gasteiger partial charge >= 0.3 is 6.18 Å². The number of nitrogen functional groups attached to an aromatic ring is 1. The summed E-state index contributed by atoms with van der Waals surface area (Å²) in [6.07, 6.45) is -4.80. The lowest BCUT2D eigenvalue weighted by Gasteiger charge is -2.18. The number of hydrogen-bond acceptors (Lipinski definition) is 4. The lowest BCUT2D eigenvalue weighted by molar-refractivity contribution is -0.0919. The second kappa shape index (κ2) is 7.55. The normalized spacial score (nSPS) is 12.5. The number of nitrogens with one attached hydrogen (secondary N) is 1. The minimum absolute atomic E-state index is 0.115. The monoisotopic (exact) mass is 359 g/mol. The fourth-order valence-electron chi connectivity index (χ4n) is 2.39. The maximum Gasteiger partial charge on any atom is 0.431 e. The van der Waals surface area contributed by atoms with Crippen LogP contribution in [0.5, 0.6) is 5.75 Å². The van der Waals surface area contributed by atoms with Crippen molar-refractivity contribution in [3.8, 4) is 5.75 Å². The molecule has 0 aliphatic rings. The van der Waals surface area contributed by atoms with E-state index < -0.39 is 23.2 Å². The number of benzene rings is 2. The number of ether oxygens (including phenoxy) is 1. The van der Waals surface area contributed by atoms with Crippen molar-refractivity contribution in [2.24, 2.45) is 5.73 Å². The zero-order chi connectivity index (χ0) is 19.5. The van der Waals surface area contributed by atoms with Gasteiger partial charge in [-0.1, -0.05) is 29.7 Å². The summed E-state index contributed by atoms with van der Waals surface area (Å²) in [4.78, 5) is 0. The van der Waals surface area contributed by atoms with E-state index in [1.165, 1.54) is 42.5 Å². The molecule has 0 saturated carbocycles. The van der Waals surface area contributed by atoms with E-state index in [0.29, 0.717) is 17.8 Å². The number of rotatable bonds is 5. The van der Waals surface area contributed by atoms with E-state index >= 15 is 0 Å². The van der Waals surface area contributed by atoms with Gasteiger partial charge in [0.05, 0.1) is 12.3 Å². The molecule has 0 atom stereocenters. The van der Waals surface area contributed by atoms with Crippen LogP contribution < -0.4 is 21.7 Å². The summed E-state index contributed by atoms with van der Waals surface area (Å²) >= 11 is 0. The van der Waals surface area contributed by atoms with E-state index in [-0.39, 0.29) is 16.8 Å². The van der Waals surface area contributed by atoms with Gasteiger partial charge in [-0.15, -0.1) is 0 Å². The molecule has 5 N–H and O–H groups in total. The van der Waals surface area contributed by atoms with Crippen molar-refractivity contribution in [2.75, 3.05) is 12.3 Å². The quantitative estimate of drug-likeness (QED) is 0.436. The fourth-order valence-corrected chi connectivity index (χ4v) is 2.39. The van der Waals surface area contributed by atoms with E-state index in [4.69, 9.17) is 29.5 Å². The van der Waals surface area contributed by atoms with E-state index in [2.05, 4.69) is 0 Å². The molecule has 2 aromatic carbocycles. The highest BCUT2D eigenvalue weighted by molar-refractivity contribution is 6.34. The fraction of sp³-hybridized carbons (Fsp3) is 0.167. The standard InChI is InChI=1S/C18H17BF3N3O/c1-2-26-12-7-8-13(14(23)9-12)16(24)15(17(25)18(20,21)22)10-3-5-11(19)6-4-10/h3-9,24H,2,23,25H2,1H3. The molecule has 0 saturated heterocycles. The molecule has 2 radical (unpaired) electrons. The first kappa shape index (κ1) is 19.4. The third kappa shape index (κ3) is 4.19. The number of alkyl halides is 3. The first-order chi connectivity index (χ1) is 12.1. The Kier molecular flexibility index (Phi) is 5.64. The summed E-state index contributed by atoms with van der Waals surface area (Å²) in [5.41, 5.74) is 9.72. The van der Waals surface area contributed by atoms with Gasteiger partial charge in [0.2, 0.25) is 0 Å². The third-order valence-electron chi connectivity index (χ3n) is 3.63. The second-order valence-electron chi connectivity index (χ2n) is 5.47. The molecule has 0 aliphatic heterocycles. The van der Waals surface area contributed by atoms with Crippen LogP contribution in [0.2, 0.25) is 0 Å². The van der Waals surface area contributed by atoms with Gasteiger partial charge in [0.1, 0.15) is 19.3 Å². The summed E-state index contributed by atoms with van der Waals surface area (Å²) in [7, 11) is 5.59. The van der Waals surface area contributed by atoms with Crippen LogP contribution in [0, 0.1) is 5.41 Å². The molecule has 8 heteroatoms.